The summed E-state index contributed by atoms with van der Waals surface area (Å²) < 4.78 is 27.1. The van der Waals surface area contributed by atoms with Crippen molar-refractivity contribution >= 4 is 40.5 Å². The van der Waals surface area contributed by atoms with E-state index in [1.54, 1.807) is 0 Å². The number of carbonyl (C=O) groups excluding carboxylic acids is 2. The number of carbonyl (C=O) groups is 2. The highest BCUT2D eigenvalue weighted by atomic mass is 35.5. The molecule has 0 unspecified atom stereocenters. The molecule has 9 nitrogen and oxygen atoms in total. The number of benzene rings is 2. The minimum Gasteiger partial charge on any atom is -0.350 e. The summed E-state index contributed by atoms with van der Waals surface area (Å²) in [4.78, 5) is 27.9. The van der Waals surface area contributed by atoms with Gasteiger partial charge in [0, 0.05) is 13.1 Å². The van der Waals surface area contributed by atoms with Gasteiger partial charge in [-0.1, -0.05) is 54.6 Å². The summed E-state index contributed by atoms with van der Waals surface area (Å²) in [6.07, 6.45) is 2.95. The lowest BCUT2D eigenvalue weighted by Gasteiger charge is -2.28. The Morgan fingerprint density at radius 3 is 2.46 bits per heavy atom. The molecule has 0 radical (unpaired) electrons. The Balaban J connectivity index is 0.00000432. The summed E-state index contributed by atoms with van der Waals surface area (Å²) in [5, 5.41) is 6.38. The Morgan fingerprint density at radius 1 is 1.14 bits per heavy atom. The fraction of sp³-hybridized carbons (Fsp3) is 0.375. The first-order valence-electron chi connectivity index (χ1n) is 11.3. The van der Waals surface area contributed by atoms with Gasteiger partial charge in [-0.25, -0.2) is 13.1 Å². The van der Waals surface area contributed by atoms with Gasteiger partial charge in [-0.15, -0.1) is 12.4 Å². The molecule has 35 heavy (non-hydrogen) atoms. The predicted octanol–water partition coefficient (Wildman–Crippen LogP) is 1.56. The minimum atomic E-state index is -3.62. The van der Waals surface area contributed by atoms with Crippen LogP contribution in [-0.2, 0) is 32.6 Å². The lowest BCUT2D eigenvalue weighted by Crippen LogP contribution is -2.54. The van der Waals surface area contributed by atoms with E-state index in [4.69, 9.17) is 5.84 Å². The van der Waals surface area contributed by atoms with Crippen molar-refractivity contribution in [2.24, 2.45) is 10.9 Å². The monoisotopic (exact) mass is 521 g/mol. The van der Waals surface area contributed by atoms with E-state index in [0.717, 1.165) is 16.7 Å². The second-order valence-electron chi connectivity index (χ2n) is 8.19. The normalized spacial score (nSPS) is 16.6. The van der Waals surface area contributed by atoms with Gasteiger partial charge in [0.15, 0.2) is 0 Å². The molecule has 2 amide bonds. The van der Waals surface area contributed by atoms with Crippen molar-refractivity contribution in [1.29, 1.82) is 0 Å². The molecule has 1 fully saturated rings. The van der Waals surface area contributed by atoms with E-state index in [0.29, 0.717) is 25.9 Å². The molecule has 1 aliphatic heterocycles. The fourth-order valence-corrected chi connectivity index (χ4v) is 4.73. The molecule has 190 valence electrons. The van der Waals surface area contributed by atoms with E-state index in [1.807, 2.05) is 54.6 Å². The Kier molecular flexibility index (Phi) is 10.7. The molecular weight excluding hydrogens is 490 g/mol. The van der Waals surface area contributed by atoms with Crippen LogP contribution in [0.1, 0.15) is 36.5 Å². The molecule has 1 heterocycles. The summed E-state index contributed by atoms with van der Waals surface area (Å²) in [5.74, 6) is 4.38. The third-order valence-corrected chi connectivity index (χ3v) is 7.19. The zero-order chi connectivity index (χ0) is 24.6. The van der Waals surface area contributed by atoms with Gasteiger partial charge in [-0.05, 0) is 42.9 Å². The van der Waals surface area contributed by atoms with Crippen LogP contribution in [0.5, 0.6) is 0 Å². The van der Waals surface area contributed by atoms with E-state index < -0.39 is 22.1 Å². The van der Waals surface area contributed by atoms with Gasteiger partial charge >= 0.3 is 0 Å². The number of nitrogens with two attached hydrogens (primary N) is 1. The third kappa shape index (κ3) is 8.05. The Hall–Kier alpha value is -2.95. The Bertz CT molecular complexity index is 1110. The quantitative estimate of drug-likeness (QED) is 0.248. The number of likely N-dealkylation sites (tertiary alicyclic amines) is 1. The second-order valence-corrected chi connectivity index (χ2v) is 10.2. The second kappa shape index (κ2) is 13.2. The van der Waals surface area contributed by atoms with Gasteiger partial charge in [0.1, 0.15) is 12.1 Å². The number of hydrogen-bond acceptors (Lipinski definition) is 6. The van der Waals surface area contributed by atoms with Gasteiger partial charge in [-0.3, -0.25) is 9.59 Å². The molecule has 2 aromatic rings. The van der Waals surface area contributed by atoms with Crippen LogP contribution in [0.15, 0.2) is 59.7 Å². The number of sulfonamides is 1. The van der Waals surface area contributed by atoms with Crippen LogP contribution in [0.3, 0.4) is 0 Å². The topological polar surface area (TPSA) is 134 Å². The van der Waals surface area contributed by atoms with Crippen LogP contribution < -0.4 is 15.9 Å². The Morgan fingerprint density at radius 2 is 1.83 bits per heavy atom. The van der Waals surface area contributed by atoms with E-state index in [2.05, 4.69) is 15.1 Å². The van der Waals surface area contributed by atoms with E-state index in [-0.39, 0.29) is 36.4 Å². The van der Waals surface area contributed by atoms with E-state index in [9.17, 15) is 18.0 Å². The van der Waals surface area contributed by atoms with Crippen molar-refractivity contribution in [3.8, 4) is 0 Å². The van der Waals surface area contributed by atoms with Crippen LogP contribution in [0.25, 0.3) is 0 Å². The van der Waals surface area contributed by atoms with Crippen molar-refractivity contribution in [3.05, 3.63) is 71.3 Å². The molecule has 0 aromatic heterocycles. The molecule has 0 bridgehead atoms. The smallest absolute Gasteiger partial charge is 0.243 e. The van der Waals surface area contributed by atoms with E-state index >= 15 is 0 Å². The average molecular weight is 522 g/mol. The Labute approximate surface area is 212 Å². The van der Waals surface area contributed by atoms with Crippen LogP contribution in [0.2, 0.25) is 0 Å². The molecule has 3 rings (SSSR count). The lowest BCUT2D eigenvalue weighted by molar-refractivity contribution is -0.139. The summed E-state index contributed by atoms with van der Waals surface area (Å²) >= 11 is 0. The first-order valence-corrected chi connectivity index (χ1v) is 12.9. The highest BCUT2D eigenvalue weighted by Crippen LogP contribution is 2.20. The van der Waals surface area contributed by atoms with Crippen molar-refractivity contribution in [3.63, 3.8) is 0 Å². The van der Waals surface area contributed by atoms with Crippen LogP contribution in [0, 0.1) is 0 Å². The summed E-state index contributed by atoms with van der Waals surface area (Å²) in [6.45, 7) is 2.24. The molecule has 0 aliphatic carbocycles. The molecule has 1 saturated heterocycles. The maximum absolute atomic E-state index is 13.4. The van der Waals surface area contributed by atoms with Gasteiger partial charge < -0.3 is 16.1 Å². The first kappa shape index (κ1) is 28.3. The van der Waals surface area contributed by atoms with Crippen molar-refractivity contribution < 1.29 is 18.0 Å². The number of halogens is 1. The zero-order valence-corrected chi connectivity index (χ0v) is 21.2. The SMILES string of the molecule is CCS(=O)(=O)N[C@H](Cc1ccccc1)C(=O)N1CCC[C@H]1C(=O)NCc1ccc(C=NN)cc1.Cl. The zero-order valence-electron chi connectivity index (χ0n) is 19.6. The predicted molar refractivity (Wildman–Crippen MR) is 139 cm³/mol. The standard InChI is InChI=1S/C24H31N5O4S.ClH/c1-2-34(32,33)28-21(15-18-7-4-3-5-8-18)24(31)29-14-6-9-22(29)23(30)26-16-19-10-12-20(13-11-19)17-27-25;/h3-5,7-8,10-13,17,21-22,28H,2,6,9,14-16,25H2,1H3,(H,26,30);1H/t21-,22+;/m1./s1. The molecule has 1 aliphatic rings. The fourth-order valence-electron chi connectivity index (χ4n) is 3.95. The molecule has 0 spiro atoms. The number of nitrogens with one attached hydrogen (secondary N) is 2. The van der Waals surface area contributed by atoms with Gasteiger partial charge in [-0.2, -0.15) is 5.10 Å². The highest BCUT2D eigenvalue weighted by molar-refractivity contribution is 7.89. The number of hydrazone groups is 1. The molecule has 2 atom stereocenters. The largest absolute Gasteiger partial charge is 0.350 e. The van der Waals surface area contributed by atoms with Crippen LogP contribution in [0.4, 0.5) is 0 Å². The number of hydrogen-bond donors (Lipinski definition) is 3. The van der Waals surface area contributed by atoms with Gasteiger partial charge in [0.05, 0.1) is 12.0 Å². The summed E-state index contributed by atoms with van der Waals surface area (Å²) in [6, 6.07) is 15.0. The number of nitrogens with zero attached hydrogens (tertiary/aromatic N) is 2. The molecule has 0 saturated carbocycles. The third-order valence-electron chi connectivity index (χ3n) is 5.79. The highest BCUT2D eigenvalue weighted by Gasteiger charge is 2.38. The number of amides is 2. The maximum atomic E-state index is 13.4. The van der Waals surface area contributed by atoms with Crippen LogP contribution in [-0.4, -0.2) is 55.7 Å². The van der Waals surface area contributed by atoms with Gasteiger partial charge in [0.25, 0.3) is 0 Å². The molecule has 4 N–H and O–H groups in total. The van der Waals surface area contributed by atoms with Crippen molar-refractivity contribution in [2.75, 3.05) is 12.3 Å². The first-order chi connectivity index (χ1) is 16.3. The minimum absolute atomic E-state index is 0. The molecular formula is C24H32ClN5O4S. The average Bonchev–Trinajstić information content (AvgIpc) is 3.33. The summed E-state index contributed by atoms with van der Waals surface area (Å²) in [5.41, 5.74) is 2.59. The maximum Gasteiger partial charge on any atom is 0.243 e. The molecule has 2 aromatic carbocycles. The van der Waals surface area contributed by atoms with E-state index in [1.165, 1.54) is 18.0 Å². The van der Waals surface area contributed by atoms with Crippen molar-refractivity contribution in [1.82, 2.24) is 14.9 Å². The van der Waals surface area contributed by atoms with Gasteiger partial charge in [0.2, 0.25) is 21.8 Å². The molecule has 11 heteroatoms. The van der Waals surface area contributed by atoms with Crippen molar-refractivity contribution in [2.45, 2.75) is 44.8 Å². The number of rotatable bonds is 10. The van der Waals surface area contributed by atoms with Crippen LogP contribution >= 0.6 is 12.4 Å². The summed E-state index contributed by atoms with van der Waals surface area (Å²) in [7, 11) is -3.62. The lowest BCUT2D eigenvalue weighted by atomic mass is 10.0.